The van der Waals surface area contributed by atoms with Crippen molar-refractivity contribution in [3.05, 3.63) is 0 Å². The lowest BCUT2D eigenvalue weighted by Gasteiger charge is -2.17. The van der Waals surface area contributed by atoms with Crippen molar-refractivity contribution >= 4 is 10.0 Å². The predicted octanol–water partition coefficient (Wildman–Crippen LogP) is 1.11. The third-order valence-electron chi connectivity index (χ3n) is 2.80. The summed E-state index contributed by atoms with van der Waals surface area (Å²) < 4.78 is 25.3. The normalized spacial score (nSPS) is 30.8. The summed E-state index contributed by atoms with van der Waals surface area (Å²) in [4.78, 5) is 0. The standard InChI is InChI=1S/C8H17NO2S/c1-3-7-5-4-6-8(7)12(10,11)9-2/h7-9H,3-6H2,1-2H3. The zero-order chi connectivity index (χ0) is 9.19. The van der Waals surface area contributed by atoms with Crippen LogP contribution in [-0.4, -0.2) is 20.7 Å². The van der Waals surface area contributed by atoms with Gasteiger partial charge in [0.05, 0.1) is 5.25 Å². The molecule has 0 aromatic rings. The van der Waals surface area contributed by atoms with Gasteiger partial charge in [0.25, 0.3) is 0 Å². The quantitative estimate of drug-likeness (QED) is 0.726. The van der Waals surface area contributed by atoms with Gasteiger partial charge in [-0.15, -0.1) is 0 Å². The van der Waals surface area contributed by atoms with Gasteiger partial charge >= 0.3 is 0 Å². The number of sulfonamides is 1. The van der Waals surface area contributed by atoms with E-state index in [4.69, 9.17) is 0 Å². The molecule has 0 bridgehead atoms. The van der Waals surface area contributed by atoms with Crippen LogP contribution in [-0.2, 0) is 10.0 Å². The Balaban J connectivity index is 2.74. The van der Waals surface area contributed by atoms with E-state index in [9.17, 15) is 8.42 Å². The summed E-state index contributed by atoms with van der Waals surface area (Å²) in [7, 11) is -1.51. The molecular weight excluding hydrogens is 174 g/mol. The molecule has 1 N–H and O–H groups in total. The maximum absolute atomic E-state index is 11.5. The van der Waals surface area contributed by atoms with Gasteiger partial charge in [0.1, 0.15) is 0 Å². The maximum Gasteiger partial charge on any atom is 0.214 e. The zero-order valence-electron chi connectivity index (χ0n) is 7.71. The SMILES string of the molecule is CCC1CCCC1S(=O)(=O)NC. The Morgan fingerprint density at radius 1 is 1.42 bits per heavy atom. The average Bonchev–Trinajstić information content (AvgIpc) is 2.52. The first-order valence-corrected chi connectivity index (χ1v) is 6.08. The lowest BCUT2D eigenvalue weighted by atomic mass is 10.1. The molecule has 2 unspecified atom stereocenters. The van der Waals surface area contributed by atoms with Crippen LogP contribution in [0.2, 0.25) is 0 Å². The highest BCUT2D eigenvalue weighted by Crippen LogP contribution is 2.32. The molecular formula is C8H17NO2S. The second-order valence-electron chi connectivity index (χ2n) is 3.39. The molecule has 12 heavy (non-hydrogen) atoms. The van der Waals surface area contributed by atoms with Crippen molar-refractivity contribution in [2.45, 2.75) is 37.9 Å². The van der Waals surface area contributed by atoms with Crippen LogP contribution in [0.3, 0.4) is 0 Å². The molecule has 4 heteroatoms. The van der Waals surface area contributed by atoms with E-state index in [0.29, 0.717) is 5.92 Å². The van der Waals surface area contributed by atoms with Crippen molar-refractivity contribution in [1.29, 1.82) is 0 Å². The number of hydrogen-bond acceptors (Lipinski definition) is 2. The molecule has 0 aromatic heterocycles. The molecule has 2 atom stereocenters. The average molecular weight is 191 g/mol. The summed E-state index contributed by atoms with van der Waals surface area (Å²) in [5.41, 5.74) is 0. The van der Waals surface area contributed by atoms with Gasteiger partial charge in [-0.2, -0.15) is 0 Å². The van der Waals surface area contributed by atoms with Crippen LogP contribution in [0.15, 0.2) is 0 Å². The molecule has 0 amide bonds. The first-order valence-electron chi connectivity index (χ1n) is 4.54. The summed E-state index contributed by atoms with van der Waals surface area (Å²) in [6.07, 6.45) is 3.94. The highest BCUT2D eigenvalue weighted by atomic mass is 32.2. The Bertz CT molecular complexity index is 235. The van der Waals surface area contributed by atoms with Crippen LogP contribution < -0.4 is 4.72 Å². The molecule has 1 aliphatic carbocycles. The van der Waals surface area contributed by atoms with E-state index in [1.54, 1.807) is 0 Å². The van der Waals surface area contributed by atoms with Crippen LogP contribution in [0.25, 0.3) is 0 Å². The van der Waals surface area contributed by atoms with Gasteiger partial charge in [-0.05, 0) is 25.8 Å². The minimum atomic E-state index is -3.01. The summed E-state index contributed by atoms with van der Waals surface area (Å²) in [6, 6.07) is 0. The van der Waals surface area contributed by atoms with E-state index in [1.807, 2.05) is 0 Å². The molecule has 0 heterocycles. The fraction of sp³-hybridized carbons (Fsp3) is 1.00. The molecule has 72 valence electrons. The molecule has 3 nitrogen and oxygen atoms in total. The smallest absolute Gasteiger partial charge is 0.214 e. The summed E-state index contributed by atoms with van der Waals surface area (Å²) in [5.74, 6) is 0.377. The van der Waals surface area contributed by atoms with Crippen molar-refractivity contribution in [3.8, 4) is 0 Å². The van der Waals surface area contributed by atoms with Gasteiger partial charge in [-0.3, -0.25) is 0 Å². The molecule has 0 aromatic carbocycles. The summed E-state index contributed by atoms with van der Waals surface area (Å²) in [6.45, 7) is 2.06. The van der Waals surface area contributed by atoms with Crippen molar-refractivity contribution in [3.63, 3.8) is 0 Å². The number of rotatable bonds is 3. The van der Waals surface area contributed by atoms with Crippen LogP contribution in [0.4, 0.5) is 0 Å². The summed E-state index contributed by atoms with van der Waals surface area (Å²) in [5, 5.41) is -0.132. The van der Waals surface area contributed by atoms with Gasteiger partial charge in [0, 0.05) is 0 Å². The fourth-order valence-corrected chi connectivity index (χ4v) is 3.64. The Labute approximate surface area is 74.6 Å². The molecule has 1 rings (SSSR count). The Morgan fingerprint density at radius 2 is 2.08 bits per heavy atom. The van der Waals surface area contributed by atoms with Gasteiger partial charge in [0.15, 0.2) is 0 Å². The van der Waals surface area contributed by atoms with Crippen molar-refractivity contribution < 1.29 is 8.42 Å². The van der Waals surface area contributed by atoms with Gasteiger partial charge in [0.2, 0.25) is 10.0 Å². The van der Waals surface area contributed by atoms with Crippen molar-refractivity contribution in [2.75, 3.05) is 7.05 Å². The monoisotopic (exact) mass is 191 g/mol. The molecule has 0 radical (unpaired) electrons. The molecule has 0 aliphatic heterocycles. The Hall–Kier alpha value is -0.0900. The summed E-state index contributed by atoms with van der Waals surface area (Å²) >= 11 is 0. The number of nitrogens with one attached hydrogen (secondary N) is 1. The highest BCUT2D eigenvalue weighted by molar-refractivity contribution is 7.90. The Morgan fingerprint density at radius 3 is 2.58 bits per heavy atom. The van der Waals surface area contributed by atoms with E-state index >= 15 is 0 Å². The predicted molar refractivity (Wildman–Crippen MR) is 49.4 cm³/mol. The second-order valence-corrected chi connectivity index (χ2v) is 5.49. The first kappa shape index (κ1) is 9.99. The minimum absolute atomic E-state index is 0.132. The first-order chi connectivity index (χ1) is 5.61. The lowest BCUT2D eigenvalue weighted by Crippen LogP contribution is -2.34. The third-order valence-corrected chi connectivity index (χ3v) is 4.78. The maximum atomic E-state index is 11.5. The van der Waals surface area contributed by atoms with Gasteiger partial charge < -0.3 is 0 Å². The largest absolute Gasteiger partial charge is 0.218 e. The Kier molecular flexibility index (Phi) is 3.12. The highest BCUT2D eigenvalue weighted by Gasteiger charge is 2.35. The molecule has 1 aliphatic rings. The van der Waals surface area contributed by atoms with Crippen LogP contribution >= 0.6 is 0 Å². The molecule has 0 spiro atoms. The van der Waals surface area contributed by atoms with E-state index < -0.39 is 10.0 Å². The molecule has 1 fully saturated rings. The van der Waals surface area contributed by atoms with Crippen LogP contribution in [0.1, 0.15) is 32.6 Å². The van der Waals surface area contributed by atoms with Crippen molar-refractivity contribution in [2.24, 2.45) is 5.92 Å². The fourth-order valence-electron chi connectivity index (χ4n) is 2.03. The van der Waals surface area contributed by atoms with E-state index in [-0.39, 0.29) is 5.25 Å². The second kappa shape index (κ2) is 3.75. The van der Waals surface area contributed by atoms with Gasteiger partial charge in [-0.1, -0.05) is 19.8 Å². The van der Waals surface area contributed by atoms with E-state index in [2.05, 4.69) is 11.6 Å². The number of hydrogen-bond donors (Lipinski definition) is 1. The van der Waals surface area contributed by atoms with E-state index in [1.165, 1.54) is 7.05 Å². The van der Waals surface area contributed by atoms with E-state index in [0.717, 1.165) is 25.7 Å². The zero-order valence-corrected chi connectivity index (χ0v) is 8.52. The van der Waals surface area contributed by atoms with Crippen LogP contribution in [0.5, 0.6) is 0 Å². The molecule has 0 saturated heterocycles. The van der Waals surface area contributed by atoms with Crippen LogP contribution in [0, 0.1) is 5.92 Å². The van der Waals surface area contributed by atoms with Gasteiger partial charge in [-0.25, -0.2) is 13.1 Å². The minimum Gasteiger partial charge on any atom is -0.218 e. The third kappa shape index (κ3) is 1.80. The lowest BCUT2D eigenvalue weighted by molar-refractivity contribution is 0.500. The van der Waals surface area contributed by atoms with Crippen molar-refractivity contribution in [1.82, 2.24) is 4.72 Å². The molecule has 1 saturated carbocycles. The topological polar surface area (TPSA) is 46.2 Å².